The lowest BCUT2D eigenvalue weighted by Crippen LogP contribution is -1.79. The monoisotopic (exact) mass is 284 g/mol. The summed E-state index contributed by atoms with van der Waals surface area (Å²) in [6.07, 6.45) is 6.49. The van der Waals surface area contributed by atoms with Gasteiger partial charge >= 0.3 is 0 Å². The van der Waals surface area contributed by atoms with Gasteiger partial charge in [0.05, 0.1) is 36.2 Å². The molecule has 0 spiro atoms. The third-order valence-electron chi connectivity index (χ3n) is 3.11. The summed E-state index contributed by atoms with van der Waals surface area (Å²) < 4.78 is 22.0. The SMILES string of the molecule is O.c1coc(-c2ccoc2-c2ccoc2-c2ccco2)c1. The lowest BCUT2D eigenvalue weighted by atomic mass is 10.1. The molecule has 0 aliphatic carbocycles. The van der Waals surface area contributed by atoms with Crippen LogP contribution in [-0.4, -0.2) is 5.48 Å². The van der Waals surface area contributed by atoms with Crippen LogP contribution in [0.5, 0.6) is 0 Å². The fourth-order valence-electron chi connectivity index (χ4n) is 2.23. The van der Waals surface area contributed by atoms with Crippen molar-refractivity contribution in [2.45, 2.75) is 0 Å². The average molecular weight is 284 g/mol. The zero-order valence-corrected chi connectivity index (χ0v) is 10.9. The molecule has 0 radical (unpaired) electrons. The quantitative estimate of drug-likeness (QED) is 0.563. The van der Waals surface area contributed by atoms with Crippen LogP contribution in [0.15, 0.2) is 79.1 Å². The Labute approximate surface area is 119 Å². The van der Waals surface area contributed by atoms with E-state index in [1.54, 1.807) is 25.1 Å². The molecule has 0 aliphatic heterocycles. The Morgan fingerprint density at radius 2 is 1.14 bits per heavy atom. The molecule has 4 heterocycles. The molecule has 4 rings (SSSR count). The van der Waals surface area contributed by atoms with E-state index in [0.717, 1.165) is 16.9 Å². The van der Waals surface area contributed by atoms with Crippen LogP contribution < -0.4 is 0 Å². The van der Waals surface area contributed by atoms with E-state index in [1.165, 1.54) is 0 Å². The standard InChI is InChI=1S/C16H10O4.H2O/c1-3-13(17-7-1)11-5-9-19-15(11)12-6-10-20-16(12)14-4-2-8-18-14;/h1-10H;1H2. The molecular formula is C16H12O5. The molecule has 106 valence electrons. The predicted octanol–water partition coefficient (Wildman–Crippen LogP) is 4.23. The van der Waals surface area contributed by atoms with Gasteiger partial charge in [0, 0.05) is 0 Å². The van der Waals surface area contributed by atoms with E-state index in [-0.39, 0.29) is 5.48 Å². The van der Waals surface area contributed by atoms with E-state index in [0.29, 0.717) is 17.3 Å². The summed E-state index contributed by atoms with van der Waals surface area (Å²) in [6.45, 7) is 0. The molecule has 0 unspecified atom stereocenters. The van der Waals surface area contributed by atoms with Gasteiger partial charge in [0.25, 0.3) is 0 Å². The highest BCUT2D eigenvalue weighted by molar-refractivity contribution is 5.84. The Hall–Kier alpha value is -2.92. The molecule has 0 aliphatic rings. The van der Waals surface area contributed by atoms with E-state index in [1.807, 2.05) is 36.4 Å². The molecule has 5 nitrogen and oxygen atoms in total. The zero-order chi connectivity index (χ0) is 13.4. The summed E-state index contributed by atoms with van der Waals surface area (Å²) >= 11 is 0. The second-order valence-corrected chi connectivity index (χ2v) is 4.28. The summed E-state index contributed by atoms with van der Waals surface area (Å²) in [4.78, 5) is 0. The van der Waals surface area contributed by atoms with E-state index in [2.05, 4.69) is 0 Å². The van der Waals surface area contributed by atoms with Gasteiger partial charge in [-0.15, -0.1) is 0 Å². The number of hydrogen-bond acceptors (Lipinski definition) is 4. The van der Waals surface area contributed by atoms with Gasteiger partial charge in [0.2, 0.25) is 0 Å². The molecule has 0 saturated carbocycles. The smallest absolute Gasteiger partial charge is 0.180 e. The minimum absolute atomic E-state index is 0. The number of hydrogen-bond donors (Lipinski definition) is 0. The zero-order valence-electron chi connectivity index (χ0n) is 10.9. The molecule has 2 N–H and O–H groups in total. The van der Waals surface area contributed by atoms with Crippen LogP contribution in [0, 0.1) is 0 Å². The largest absolute Gasteiger partial charge is 0.464 e. The van der Waals surface area contributed by atoms with Crippen molar-refractivity contribution in [3.05, 3.63) is 61.5 Å². The van der Waals surface area contributed by atoms with Crippen LogP contribution in [0.2, 0.25) is 0 Å². The minimum atomic E-state index is 0. The highest BCUT2D eigenvalue weighted by Gasteiger charge is 2.20. The van der Waals surface area contributed by atoms with Crippen molar-refractivity contribution in [3.63, 3.8) is 0 Å². The fraction of sp³-hybridized carbons (Fsp3) is 0. The summed E-state index contributed by atoms with van der Waals surface area (Å²) in [7, 11) is 0. The highest BCUT2D eigenvalue weighted by atomic mass is 16.4. The first-order chi connectivity index (χ1) is 9.93. The van der Waals surface area contributed by atoms with Gasteiger partial charge < -0.3 is 23.1 Å². The topological polar surface area (TPSA) is 84.1 Å². The van der Waals surface area contributed by atoms with Crippen molar-refractivity contribution in [2.24, 2.45) is 0 Å². The van der Waals surface area contributed by atoms with Crippen LogP contribution in [0.1, 0.15) is 0 Å². The van der Waals surface area contributed by atoms with Gasteiger partial charge in [-0.2, -0.15) is 0 Å². The Bertz CT molecular complexity index is 732. The van der Waals surface area contributed by atoms with E-state index >= 15 is 0 Å². The molecule has 4 aromatic heterocycles. The highest BCUT2D eigenvalue weighted by Crippen LogP contribution is 2.39. The van der Waals surface area contributed by atoms with Crippen LogP contribution >= 0.6 is 0 Å². The molecular weight excluding hydrogens is 272 g/mol. The lowest BCUT2D eigenvalue weighted by molar-refractivity contribution is 0.522. The van der Waals surface area contributed by atoms with Crippen molar-refractivity contribution in [3.8, 4) is 34.2 Å². The van der Waals surface area contributed by atoms with Crippen molar-refractivity contribution >= 4 is 0 Å². The van der Waals surface area contributed by atoms with Crippen LogP contribution in [0.3, 0.4) is 0 Å². The maximum absolute atomic E-state index is 5.61. The molecule has 0 fully saturated rings. The van der Waals surface area contributed by atoms with Gasteiger partial charge in [0.15, 0.2) is 11.5 Å². The summed E-state index contributed by atoms with van der Waals surface area (Å²) in [6, 6.07) is 11.1. The maximum atomic E-state index is 5.61. The Morgan fingerprint density at radius 3 is 1.81 bits per heavy atom. The molecule has 5 heteroatoms. The summed E-state index contributed by atoms with van der Waals surface area (Å²) in [5.74, 6) is 2.74. The molecule has 4 aromatic rings. The predicted molar refractivity (Wildman–Crippen MR) is 75.4 cm³/mol. The third-order valence-corrected chi connectivity index (χ3v) is 3.11. The maximum Gasteiger partial charge on any atom is 0.180 e. The minimum Gasteiger partial charge on any atom is -0.464 e. The number of rotatable bonds is 3. The van der Waals surface area contributed by atoms with Gasteiger partial charge in [-0.05, 0) is 36.4 Å². The first kappa shape index (κ1) is 13.1. The van der Waals surface area contributed by atoms with Gasteiger partial charge in [-0.25, -0.2) is 0 Å². The van der Waals surface area contributed by atoms with Crippen LogP contribution in [0.4, 0.5) is 0 Å². The van der Waals surface area contributed by atoms with E-state index < -0.39 is 0 Å². The van der Waals surface area contributed by atoms with Gasteiger partial charge in [-0.3, -0.25) is 0 Å². The molecule has 0 amide bonds. The lowest BCUT2D eigenvalue weighted by Gasteiger charge is -2.00. The normalized spacial score (nSPS) is 10.5. The molecule has 0 saturated heterocycles. The Kier molecular flexibility index (Phi) is 3.25. The molecule has 0 atom stereocenters. The average Bonchev–Trinajstić information content (AvgIpc) is 3.23. The van der Waals surface area contributed by atoms with E-state index in [4.69, 9.17) is 17.7 Å². The Morgan fingerprint density at radius 1 is 0.524 bits per heavy atom. The summed E-state index contributed by atoms with van der Waals surface area (Å²) in [5.41, 5.74) is 1.71. The van der Waals surface area contributed by atoms with Crippen LogP contribution in [0.25, 0.3) is 34.2 Å². The Balaban J connectivity index is 0.00000132. The van der Waals surface area contributed by atoms with Crippen molar-refractivity contribution < 1.29 is 23.1 Å². The van der Waals surface area contributed by atoms with Gasteiger partial charge in [-0.1, -0.05) is 0 Å². The second-order valence-electron chi connectivity index (χ2n) is 4.28. The van der Waals surface area contributed by atoms with Gasteiger partial charge in [0.1, 0.15) is 11.5 Å². The van der Waals surface area contributed by atoms with E-state index in [9.17, 15) is 0 Å². The van der Waals surface area contributed by atoms with Crippen molar-refractivity contribution in [2.75, 3.05) is 0 Å². The molecule has 0 aromatic carbocycles. The van der Waals surface area contributed by atoms with Crippen molar-refractivity contribution in [1.29, 1.82) is 0 Å². The van der Waals surface area contributed by atoms with Crippen LogP contribution in [-0.2, 0) is 0 Å². The first-order valence-electron chi connectivity index (χ1n) is 6.16. The molecule has 21 heavy (non-hydrogen) atoms. The molecule has 0 bridgehead atoms. The first-order valence-corrected chi connectivity index (χ1v) is 6.16. The van der Waals surface area contributed by atoms with Crippen molar-refractivity contribution in [1.82, 2.24) is 0 Å². The summed E-state index contributed by atoms with van der Waals surface area (Å²) in [5, 5.41) is 0. The third kappa shape index (κ3) is 2.09. The second kappa shape index (κ2) is 5.22. The number of furan rings is 4. The fourth-order valence-corrected chi connectivity index (χ4v) is 2.23.